The molecule has 0 aliphatic carbocycles. The summed E-state index contributed by atoms with van der Waals surface area (Å²) >= 11 is 1.49. The van der Waals surface area contributed by atoms with E-state index < -0.39 is 0 Å². The van der Waals surface area contributed by atoms with Crippen LogP contribution in [0, 0.1) is 5.92 Å². The largest absolute Gasteiger partial charge is 0.381 e. The van der Waals surface area contributed by atoms with Gasteiger partial charge in [0.05, 0.1) is 5.01 Å². The molecule has 2 heterocycles. The Hall–Kier alpha value is -0.980. The molecule has 0 spiro atoms. The van der Waals surface area contributed by atoms with E-state index in [9.17, 15) is 4.79 Å². The maximum absolute atomic E-state index is 11.8. The van der Waals surface area contributed by atoms with Crippen molar-refractivity contribution in [1.29, 1.82) is 0 Å². The summed E-state index contributed by atoms with van der Waals surface area (Å²) in [6.07, 6.45) is 2.82. The van der Waals surface area contributed by atoms with Crippen molar-refractivity contribution >= 4 is 17.2 Å². The third-order valence-corrected chi connectivity index (χ3v) is 3.91. The summed E-state index contributed by atoms with van der Waals surface area (Å²) in [6.45, 7) is 2.94. The predicted molar refractivity (Wildman–Crippen MR) is 70.7 cm³/mol. The normalized spacial score (nSPS) is 19.1. The predicted octanol–water partition coefficient (Wildman–Crippen LogP) is 0.801. The molecular weight excluding hydrogens is 250 g/mol. The maximum atomic E-state index is 11.8. The van der Waals surface area contributed by atoms with Crippen molar-refractivity contribution in [1.82, 2.24) is 10.3 Å². The van der Waals surface area contributed by atoms with Crippen molar-refractivity contribution in [2.45, 2.75) is 19.3 Å². The number of carbonyl (C=O) groups excluding carboxylic acids is 1. The Morgan fingerprint density at radius 2 is 2.56 bits per heavy atom. The Bertz CT molecular complexity index is 388. The lowest BCUT2D eigenvalue weighted by molar-refractivity contribution is 0.0946. The highest BCUT2D eigenvalue weighted by atomic mass is 32.1. The first-order valence-electron chi connectivity index (χ1n) is 6.30. The van der Waals surface area contributed by atoms with E-state index in [0.29, 0.717) is 24.7 Å². The third-order valence-electron chi connectivity index (χ3n) is 3.00. The zero-order valence-corrected chi connectivity index (χ0v) is 11.2. The lowest BCUT2D eigenvalue weighted by atomic mass is 10.1. The smallest absolute Gasteiger partial charge is 0.270 e. The van der Waals surface area contributed by atoms with Gasteiger partial charge in [0.25, 0.3) is 5.91 Å². The first kappa shape index (κ1) is 13.5. The average molecular weight is 269 g/mol. The minimum Gasteiger partial charge on any atom is -0.381 e. The molecule has 1 aromatic rings. The highest BCUT2D eigenvalue weighted by molar-refractivity contribution is 7.09. The van der Waals surface area contributed by atoms with E-state index in [1.54, 1.807) is 5.38 Å². The summed E-state index contributed by atoms with van der Waals surface area (Å²) in [5.74, 6) is 0.502. The fourth-order valence-corrected chi connectivity index (χ4v) is 2.74. The summed E-state index contributed by atoms with van der Waals surface area (Å²) in [4.78, 5) is 16.1. The minimum atomic E-state index is -0.0894. The van der Waals surface area contributed by atoms with E-state index in [1.807, 2.05) is 0 Å². The first-order valence-corrected chi connectivity index (χ1v) is 7.18. The Labute approximate surface area is 111 Å². The second kappa shape index (κ2) is 6.82. The highest BCUT2D eigenvalue weighted by Gasteiger charge is 2.16. The zero-order chi connectivity index (χ0) is 12.8. The van der Waals surface area contributed by atoms with E-state index in [4.69, 9.17) is 10.5 Å². The fraction of sp³-hybridized carbons (Fsp3) is 0.667. The SMILES string of the molecule is NCCc1nc(C(=O)NCCC2CCOC2)cs1. The lowest BCUT2D eigenvalue weighted by Crippen LogP contribution is -2.26. The molecule has 100 valence electrons. The number of hydrogen-bond acceptors (Lipinski definition) is 5. The number of nitrogens with two attached hydrogens (primary N) is 1. The number of thiazole rings is 1. The number of rotatable bonds is 6. The number of ether oxygens (including phenoxy) is 1. The molecule has 0 bridgehead atoms. The summed E-state index contributed by atoms with van der Waals surface area (Å²) < 4.78 is 5.29. The lowest BCUT2D eigenvalue weighted by Gasteiger charge is -2.07. The average Bonchev–Trinajstić information content (AvgIpc) is 3.00. The number of nitrogens with one attached hydrogen (secondary N) is 1. The molecule has 0 saturated carbocycles. The van der Waals surface area contributed by atoms with Gasteiger partial charge in [-0.15, -0.1) is 11.3 Å². The van der Waals surface area contributed by atoms with Crippen molar-refractivity contribution in [3.05, 3.63) is 16.1 Å². The third kappa shape index (κ3) is 3.76. The summed E-state index contributed by atoms with van der Waals surface area (Å²) in [5, 5.41) is 5.61. The Morgan fingerprint density at radius 1 is 1.67 bits per heavy atom. The number of amides is 1. The minimum absolute atomic E-state index is 0.0894. The highest BCUT2D eigenvalue weighted by Crippen LogP contribution is 2.15. The van der Waals surface area contributed by atoms with Gasteiger partial charge in [0.15, 0.2) is 0 Å². The molecule has 2 rings (SSSR count). The summed E-state index contributed by atoms with van der Waals surface area (Å²) in [7, 11) is 0. The fourth-order valence-electron chi connectivity index (χ4n) is 1.94. The van der Waals surface area contributed by atoms with Crippen molar-refractivity contribution in [2.24, 2.45) is 11.7 Å². The van der Waals surface area contributed by atoms with Crippen molar-refractivity contribution in [3.63, 3.8) is 0 Å². The molecule has 3 N–H and O–H groups in total. The second-order valence-electron chi connectivity index (χ2n) is 4.44. The van der Waals surface area contributed by atoms with Gasteiger partial charge < -0.3 is 15.8 Å². The number of hydrogen-bond donors (Lipinski definition) is 2. The molecule has 1 saturated heterocycles. The molecule has 1 atom stereocenters. The van der Waals surface area contributed by atoms with Crippen molar-refractivity contribution in [3.8, 4) is 0 Å². The molecule has 5 nitrogen and oxygen atoms in total. The molecule has 0 aromatic carbocycles. The number of carbonyl (C=O) groups is 1. The Morgan fingerprint density at radius 3 is 3.28 bits per heavy atom. The van der Waals surface area contributed by atoms with Crippen LogP contribution in [0.15, 0.2) is 5.38 Å². The van der Waals surface area contributed by atoms with Crippen LogP contribution in [0.4, 0.5) is 0 Å². The van der Waals surface area contributed by atoms with E-state index >= 15 is 0 Å². The van der Waals surface area contributed by atoms with Crippen LogP contribution in [0.1, 0.15) is 28.3 Å². The molecule has 1 aliphatic heterocycles. The van der Waals surface area contributed by atoms with E-state index in [1.165, 1.54) is 11.3 Å². The van der Waals surface area contributed by atoms with Crippen LogP contribution in [-0.4, -0.2) is 37.2 Å². The topological polar surface area (TPSA) is 77.2 Å². The van der Waals surface area contributed by atoms with Crippen LogP contribution >= 0.6 is 11.3 Å². The molecular formula is C12H19N3O2S. The molecule has 1 amide bonds. The maximum Gasteiger partial charge on any atom is 0.270 e. The Kier molecular flexibility index (Phi) is 5.10. The van der Waals surface area contributed by atoms with Crippen LogP contribution in [0.5, 0.6) is 0 Å². The number of aromatic nitrogens is 1. The molecule has 1 aromatic heterocycles. The van der Waals surface area contributed by atoms with Crippen LogP contribution < -0.4 is 11.1 Å². The van der Waals surface area contributed by atoms with Gasteiger partial charge >= 0.3 is 0 Å². The van der Waals surface area contributed by atoms with Crippen LogP contribution in [0.2, 0.25) is 0 Å². The van der Waals surface area contributed by atoms with Gasteiger partial charge in [0, 0.05) is 31.6 Å². The van der Waals surface area contributed by atoms with Gasteiger partial charge in [0.2, 0.25) is 0 Å². The van der Waals surface area contributed by atoms with Crippen molar-refractivity contribution < 1.29 is 9.53 Å². The van der Waals surface area contributed by atoms with Crippen molar-refractivity contribution in [2.75, 3.05) is 26.3 Å². The van der Waals surface area contributed by atoms with Crippen LogP contribution in [0.25, 0.3) is 0 Å². The van der Waals surface area contributed by atoms with Gasteiger partial charge in [-0.05, 0) is 25.3 Å². The van der Waals surface area contributed by atoms with Gasteiger partial charge in [-0.3, -0.25) is 4.79 Å². The van der Waals surface area contributed by atoms with Gasteiger partial charge in [-0.1, -0.05) is 0 Å². The molecule has 1 unspecified atom stereocenters. The molecule has 6 heteroatoms. The molecule has 18 heavy (non-hydrogen) atoms. The Balaban J connectivity index is 1.72. The second-order valence-corrected chi connectivity index (χ2v) is 5.38. The summed E-state index contributed by atoms with van der Waals surface area (Å²) in [6, 6.07) is 0. The zero-order valence-electron chi connectivity index (χ0n) is 10.4. The van der Waals surface area contributed by atoms with E-state index in [-0.39, 0.29) is 5.91 Å². The van der Waals surface area contributed by atoms with Crippen LogP contribution in [-0.2, 0) is 11.2 Å². The molecule has 1 fully saturated rings. The first-order chi connectivity index (χ1) is 8.79. The van der Waals surface area contributed by atoms with Gasteiger partial charge in [0.1, 0.15) is 5.69 Å². The molecule has 0 radical (unpaired) electrons. The summed E-state index contributed by atoms with van der Waals surface area (Å²) in [5.41, 5.74) is 5.96. The number of nitrogens with zero attached hydrogens (tertiary/aromatic N) is 1. The van der Waals surface area contributed by atoms with E-state index in [2.05, 4.69) is 10.3 Å². The standard InChI is InChI=1S/C12H19N3O2S/c13-4-1-11-15-10(8-18-11)12(16)14-5-2-9-3-6-17-7-9/h8-9H,1-7,13H2,(H,14,16). The van der Waals surface area contributed by atoms with Gasteiger partial charge in [-0.25, -0.2) is 4.98 Å². The quantitative estimate of drug-likeness (QED) is 0.801. The van der Waals surface area contributed by atoms with Crippen LogP contribution in [0.3, 0.4) is 0 Å². The monoisotopic (exact) mass is 269 g/mol. The van der Waals surface area contributed by atoms with E-state index in [0.717, 1.165) is 37.5 Å². The van der Waals surface area contributed by atoms with Gasteiger partial charge in [-0.2, -0.15) is 0 Å². The molecule has 1 aliphatic rings.